The van der Waals surface area contributed by atoms with Crippen molar-refractivity contribution in [1.29, 1.82) is 0 Å². The Labute approximate surface area is 176 Å². The molecule has 0 amide bonds. The van der Waals surface area contributed by atoms with Gasteiger partial charge in [-0.3, -0.25) is 0 Å². The van der Waals surface area contributed by atoms with Gasteiger partial charge in [-0.15, -0.1) is 0 Å². The fourth-order valence-electron chi connectivity index (χ4n) is 4.24. The van der Waals surface area contributed by atoms with Crippen LogP contribution < -0.4 is 0 Å². The number of fused-ring (bicyclic) bond motifs is 3. The van der Waals surface area contributed by atoms with Crippen molar-refractivity contribution in [3.63, 3.8) is 0 Å². The molecule has 3 aromatic rings. The fraction of sp³-hybridized carbons (Fsp3) is 0.458. The largest absolute Gasteiger partial charge is 0.479 e. The summed E-state index contributed by atoms with van der Waals surface area (Å²) in [5.74, 6) is 0.0122. The fourth-order valence-corrected chi connectivity index (χ4v) is 4.24. The number of aromatic nitrogens is 3. The van der Waals surface area contributed by atoms with Gasteiger partial charge >= 0.3 is 5.97 Å². The number of hydrogen-bond acceptors (Lipinski definition) is 4. The topological polar surface area (TPSA) is 77.2 Å². The van der Waals surface area contributed by atoms with Gasteiger partial charge in [-0.05, 0) is 53.0 Å². The molecule has 1 atom stereocenters. The second-order valence-electron chi connectivity index (χ2n) is 9.11. The monoisotopic (exact) mass is 407 g/mol. The van der Waals surface area contributed by atoms with Crippen LogP contribution >= 0.6 is 0 Å². The van der Waals surface area contributed by atoms with Gasteiger partial charge in [-0.1, -0.05) is 29.8 Å². The van der Waals surface area contributed by atoms with Crippen LogP contribution in [0.2, 0.25) is 0 Å². The number of aryl methyl sites for hydroxylation is 4. The molecule has 1 unspecified atom stereocenters. The number of hydrogen-bond donors (Lipinski definition) is 1. The van der Waals surface area contributed by atoms with E-state index in [1.807, 2.05) is 46.8 Å². The molecule has 1 N–H and O–H groups in total. The Bertz CT molecular complexity index is 1110. The molecule has 1 aliphatic rings. The molecule has 3 heterocycles. The maximum atomic E-state index is 12.4. The highest BCUT2D eigenvalue weighted by atomic mass is 16.5. The Morgan fingerprint density at radius 1 is 1.13 bits per heavy atom. The van der Waals surface area contributed by atoms with Gasteiger partial charge in [0.2, 0.25) is 0 Å². The molecule has 0 saturated heterocycles. The number of aliphatic carboxylic acids is 1. The lowest BCUT2D eigenvalue weighted by molar-refractivity contribution is -0.160. The van der Waals surface area contributed by atoms with Crippen molar-refractivity contribution in [1.82, 2.24) is 14.5 Å². The summed E-state index contributed by atoms with van der Waals surface area (Å²) in [6.07, 6.45) is 1.99. The lowest BCUT2D eigenvalue weighted by Gasteiger charge is -2.28. The minimum atomic E-state index is -1.12. The molecule has 0 fully saturated rings. The molecule has 4 rings (SSSR count). The maximum absolute atomic E-state index is 12.4. The zero-order valence-electron chi connectivity index (χ0n) is 18.3. The Kier molecular flexibility index (Phi) is 5.14. The molecular formula is C24H29N3O3. The summed E-state index contributed by atoms with van der Waals surface area (Å²) in [5.41, 5.74) is 5.22. The molecule has 6 heteroatoms. The van der Waals surface area contributed by atoms with E-state index in [0.29, 0.717) is 16.9 Å². The Hall–Kier alpha value is -2.73. The van der Waals surface area contributed by atoms with Crippen LogP contribution in [0, 0.1) is 13.8 Å². The average Bonchev–Trinajstić information content (AvgIpc) is 3.03. The van der Waals surface area contributed by atoms with Gasteiger partial charge < -0.3 is 14.4 Å². The van der Waals surface area contributed by atoms with Gasteiger partial charge in [-0.2, -0.15) is 0 Å². The summed E-state index contributed by atoms with van der Waals surface area (Å²) in [6, 6.07) is 8.20. The van der Waals surface area contributed by atoms with Crippen LogP contribution in [0.3, 0.4) is 0 Å². The SMILES string of the molecule is Cc1ccc(-c2c(C(OC(C)(C)C)C(=O)O)c(C)nc3nc4n(c23)CCCC4)cc1. The smallest absolute Gasteiger partial charge is 0.337 e. The third-order valence-corrected chi connectivity index (χ3v) is 5.53. The van der Waals surface area contributed by atoms with Gasteiger partial charge in [0.1, 0.15) is 5.82 Å². The van der Waals surface area contributed by atoms with Gasteiger partial charge in [-0.25, -0.2) is 14.8 Å². The van der Waals surface area contributed by atoms with Gasteiger partial charge in [0.25, 0.3) is 0 Å². The molecule has 2 aromatic heterocycles. The number of carbonyl (C=O) groups is 1. The van der Waals surface area contributed by atoms with E-state index in [-0.39, 0.29) is 0 Å². The van der Waals surface area contributed by atoms with Crippen LogP contribution in [0.5, 0.6) is 0 Å². The number of pyridine rings is 1. The number of ether oxygens (including phenoxy) is 1. The molecule has 0 saturated carbocycles. The summed E-state index contributed by atoms with van der Waals surface area (Å²) in [5, 5.41) is 10.1. The predicted octanol–water partition coefficient (Wildman–Crippen LogP) is 4.99. The van der Waals surface area contributed by atoms with E-state index in [1.54, 1.807) is 0 Å². The minimum absolute atomic E-state index is 0.613. The van der Waals surface area contributed by atoms with Crippen molar-refractivity contribution in [2.45, 2.75) is 72.1 Å². The third-order valence-electron chi connectivity index (χ3n) is 5.53. The molecule has 1 aromatic carbocycles. The van der Waals surface area contributed by atoms with Crippen molar-refractivity contribution < 1.29 is 14.6 Å². The van der Waals surface area contributed by atoms with E-state index in [0.717, 1.165) is 53.8 Å². The third kappa shape index (κ3) is 3.72. The Balaban J connectivity index is 2.08. The summed E-state index contributed by atoms with van der Waals surface area (Å²) in [7, 11) is 0. The van der Waals surface area contributed by atoms with Crippen LogP contribution in [-0.4, -0.2) is 31.2 Å². The van der Waals surface area contributed by atoms with Crippen LogP contribution in [0.15, 0.2) is 24.3 Å². The van der Waals surface area contributed by atoms with Crippen LogP contribution in [0.25, 0.3) is 22.3 Å². The molecule has 158 valence electrons. The van der Waals surface area contributed by atoms with Crippen molar-refractivity contribution in [3.8, 4) is 11.1 Å². The van der Waals surface area contributed by atoms with Gasteiger partial charge in [0.05, 0.1) is 11.1 Å². The number of carboxylic acids is 1. The minimum Gasteiger partial charge on any atom is -0.479 e. The van der Waals surface area contributed by atoms with Crippen LogP contribution in [0.1, 0.15) is 62.4 Å². The van der Waals surface area contributed by atoms with E-state index >= 15 is 0 Å². The highest BCUT2D eigenvalue weighted by Gasteiger charge is 2.33. The first kappa shape index (κ1) is 20.5. The summed E-state index contributed by atoms with van der Waals surface area (Å²) in [4.78, 5) is 21.9. The van der Waals surface area contributed by atoms with Crippen molar-refractivity contribution in [3.05, 3.63) is 46.9 Å². The zero-order valence-corrected chi connectivity index (χ0v) is 18.3. The van der Waals surface area contributed by atoms with E-state index < -0.39 is 17.7 Å². The van der Waals surface area contributed by atoms with Crippen molar-refractivity contribution in [2.24, 2.45) is 0 Å². The van der Waals surface area contributed by atoms with Gasteiger partial charge in [0, 0.05) is 29.8 Å². The van der Waals surface area contributed by atoms with Crippen LogP contribution in [0.4, 0.5) is 0 Å². The molecule has 0 spiro atoms. The number of nitrogens with zero attached hydrogens (tertiary/aromatic N) is 3. The average molecular weight is 408 g/mol. The number of carboxylic acid groups (broad SMARTS) is 1. The van der Waals surface area contributed by atoms with E-state index in [1.165, 1.54) is 0 Å². The molecular weight excluding hydrogens is 378 g/mol. The molecule has 0 radical (unpaired) electrons. The lowest BCUT2D eigenvalue weighted by Crippen LogP contribution is -2.28. The Morgan fingerprint density at radius 3 is 2.47 bits per heavy atom. The molecule has 6 nitrogen and oxygen atoms in total. The van der Waals surface area contributed by atoms with Gasteiger partial charge in [0.15, 0.2) is 11.8 Å². The summed E-state index contributed by atoms with van der Waals surface area (Å²) >= 11 is 0. The number of benzene rings is 1. The first-order valence-corrected chi connectivity index (χ1v) is 10.5. The standard InChI is InChI=1S/C24H29N3O3/c1-14-9-11-16(12-10-14)19-18(21(23(28)29)30-24(3,4)5)15(2)25-22-20(19)27-13-7-6-8-17(27)26-22/h9-12,21H,6-8,13H2,1-5H3,(H,28,29). The Morgan fingerprint density at radius 2 is 1.83 bits per heavy atom. The van der Waals surface area contributed by atoms with E-state index in [4.69, 9.17) is 14.7 Å². The van der Waals surface area contributed by atoms with E-state index in [2.05, 4.69) is 16.7 Å². The molecule has 1 aliphatic heterocycles. The quantitative estimate of drug-likeness (QED) is 0.659. The van der Waals surface area contributed by atoms with Crippen molar-refractivity contribution in [2.75, 3.05) is 0 Å². The molecule has 0 bridgehead atoms. The van der Waals surface area contributed by atoms with Crippen molar-refractivity contribution >= 4 is 17.1 Å². The first-order chi connectivity index (χ1) is 14.2. The predicted molar refractivity (Wildman–Crippen MR) is 117 cm³/mol. The second-order valence-corrected chi connectivity index (χ2v) is 9.11. The van der Waals surface area contributed by atoms with E-state index in [9.17, 15) is 9.90 Å². The molecule has 0 aliphatic carbocycles. The normalized spacial score (nSPS) is 15.2. The second kappa shape index (κ2) is 7.51. The number of rotatable bonds is 4. The summed E-state index contributed by atoms with van der Waals surface area (Å²) in [6.45, 7) is 10.4. The first-order valence-electron chi connectivity index (χ1n) is 10.5. The molecule has 30 heavy (non-hydrogen) atoms. The zero-order chi connectivity index (χ0) is 21.6. The highest BCUT2D eigenvalue weighted by Crippen LogP contribution is 2.40. The van der Waals surface area contributed by atoms with Crippen LogP contribution in [-0.2, 0) is 22.5 Å². The number of imidazole rings is 1. The maximum Gasteiger partial charge on any atom is 0.337 e. The lowest BCUT2D eigenvalue weighted by atomic mass is 9.93. The highest BCUT2D eigenvalue weighted by molar-refractivity contribution is 5.95. The summed E-state index contributed by atoms with van der Waals surface area (Å²) < 4.78 is 8.27.